The summed E-state index contributed by atoms with van der Waals surface area (Å²) in [5.41, 5.74) is 3.38. The van der Waals surface area contributed by atoms with E-state index in [1.165, 1.54) is 0 Å². The van der Waals surface area contributed by atoms with Crippen molar-refractivity contribution in [1.82, 2.24) is 19.9 Å². The van der Waals surface area contributed by atoms with Crippen LogP contribution in [-0.4, -0.2) is 58.6 Å². The van der Waals surface area contributed by atoms with E-state index in [-0.39, 0.29) is 11.9 Å². The number of aryl methyl sites for hydroxylation is 1. The van der Waals surface area contributed by atoms with E-state index in [1.807, 2.05) is 55.5 Å². The number of benzene rings is 1. The van der Waals surface area contributed by atoms with Gasteiger partial charge in [-0.3, -0.25) is 14.6 Å². The first-order chi connectivity index (χ1) is 16.6. The van der Waals surface area contributed by atoms with Crippen LogP contribution in [0.15, 0.2) is 67.1 Å². The third-order valence-electron chi connectivity index (χ3n) is 6.28. The van der Waals surface area contributed by atoms with E-state index in [9.17, 15) is 4.79 Å². The van der Waals surface area contributed by atoms with E-state index in [2.05, 4.69) is 19.9 Å². The fraction of sp³-hybridized carbons (Fsp3) is 0.269. The highest BCUT2D eigenvalue weighted by Crippen LogP contribution is 2.29. The molecule has 4 aromatic rings. The number of ether oxygens (including phenoxy) is 1. The molecule has 1 unspecified atom stereocenters. The molecule has 1 atom stereocenters. The topological polar surface area (TPSA) is 74.4 Å². The number of pyridine rings is 2. The molecule has 0 radical (unpaired) electrons. The molecule has 0 saturated carbocycles. The van der Waals surface area contributed by atoms with E-state index in [4.69, 9.17) is 16.3 Å². The molecule has 174 valence electrons. The lowest BCUT2D eigenvalue weighted by Gasteiger charge is -2.37. The Balaban J connectivity index is 1.56. The van der Waals surface area contributed by atoms with Crippen LogP contribution in [-0.2, 0) is 4.74 Å². The summed E-state index contributed by atoms with van der Waals surface area (Å²) >= 11 is 6.17. The average molecular weight is 476 g/mol. The quantitative estimate of drug-likeness (QED) is 0.439. The minimum atomic E-state index is -0.117. The Kier molecular flexibility index (Phi) is 6.58. The number of halogens is 1. The number of aromatic amines is 1. The molecule has 1 aliphatic rings. The Hall–Kier alpha value is -3.26. The first kappa shape index (κ1) is 22.5. The SMILES string of the molecule is Cc1ccnc2[nH]cc(C(=O)N(CC(c3ccc(Cl)cc3)N3CCOCC3)c3ccccn3)c12. The van der Waals surface area contributed by atoms with Gasteiger partial charge in [0.1, 0.15) is 11.5 Å². The lowest BCUT2D eigenvalue weighted by atomic mass is 10.0. The number of fused-ring (bicyclic) bond motifs is 1. The van der Waals surface area contributed by atoms with Crippen molar-refractivity contribution in [1.29, 1.82) is 0 Å². The van der Waals surface area contributed by atoms with Crippen LogP contribution >= 0.6 is 11.6 Å². The minimum absolute atomic E-state index is 0.0449. The molecule has 34 heavy (non-hydrogen) atoms. The first-order valence-electron chi connectivity index (χ1n) is 11.3. The molecule has 1 saturated heterocycles. The number of hydrogen-bond donors (Lipinski definition) is 1. The van der Waals surface area contributed by atoms with Crippen LogP contribution in [0.25, 0.3) is 11.0 Å². The van der Waals surface area contributed by atoms with Crippen LogP contribution in [0.5, 0.6) is 0 Å². The van der Waals surface area contributed by atoms with E-state index in [0.29, 0.717) is 41.8 Å². The average Bonchev–Trinajstić information content (AvgIpc) is 3.32. The molecule has 5 rings (SSSR count). The zero-order valence-corrected chi connectivity index (χ0v) is 19.7. The van der Waals surface area contributed by atoms with E-state index >= 15 is 0 Å². The van der Waals surface area contributed by atoms with Gasteiger partial charge < -0.3 is 9.72 Å². The zero-order valence-electron chi connectivity index (χ0n) is 18.9. The molecular formula is C26H26ClN5O2. The Bertz CT molecular complexity index is 1270. The fourth-order valence-corrected chi connectivity index (χ4v) is 4.63. The Morgan fingerprint density at radius 3 is 2.65 bits per heavy atom. The number of carbonyl (C=O) groups excluding carboxylic acids is 1. The molecule has 1 aromatic carbocycles. The monoisotopic (exact) mass is 475 g/mol. The van der Waals surface area contributed by atoms with E-state index in [0.717, 1.165) is 29.6 Å². The number of hydrogen-bond acceptors (Lipinski definition) is 5. The lowest BCUT2D eigenvalue weighted by Crippen LogP contribution is -2.45. The van der Waals surface area contributed by atoms with Crippen LogP contribution in [0, 0.1) is 6.92 Å². The van der Waals surface area contributed by atoms with Gasteiger partial charge in [0.2, 0.25) is 0 Å². The predicted octanol–water partition coefficient (Wildman–Crippen LogP) is 4.64. The Labute approximate surface area is 203 Å². The fourth-order valence-electron chi connectivity index (χ4n) is 4.51. The van der Waals surface area contributed by atoms with Gasteiger partial charge in [-0.15, -0.1) is 0 Å². The number of nitrogens with zero attached hydrogens (tertiary/aromatic N) is 4. The molecule has 7 nitrogen and oxygen atoms in total. The molecule has 8 heteroatoms. The molecule has 0 aliphatic carbocycles. The summed E-state index contributed by atoms with van der Waals surface area (Å²) in [5, 5.41) is 1.52. The predicted molar refractivity (Wildman–Crippen MR) is 133 cm³/mol. The maximum absolute atomic E-state index is 14.1. The molecule has 4 heterocycles. The number of rotatable bonds is 6. The summed E-state index contributed by atoms with van der Waals surface area (Å²) in [7, 11) is 0. The van der Waals surface area contributed by atoms with Crippen LogP contribution in [0.1, 0.15) is 27.5 Å². The molecule has 0 bridgehead atoms. The van der Waals surface area contributed by atoms with Gasteiger partial charge in [-0.05, 0) is 48.4 Å². The highest BCUT2D eigenvalue weighted by molar-refractivity contribution is 6.30. The summed E-state index contributed by atoms with van der Waals surface area (Å²) in [5.74, 6) is 0.490. The third-order valence-corrected chi connectivity index (χ3v) is 6.53. The smallest absolute Gasteiger partial charge is 0.261 e. The summed E-state index contributed by atoms with van der Waals surface area (Å²) in [6.45, 7) is 5.32. The highest BCUT2D eigenvalue weighted by atomic mass is 35.5. The maximum atomic E-state index is 14.1. The molecule has 0 spiro atoms. The van der Waals surface area contributed by atoms with Crippen molar-refractivity contribution in [2.75, 3.05) is 37.7 Å². The van der Waals surface area contributed by atoms with E-state index in [1.54, 1.807) is 23.5 Å². The number of morpholine rings is 1. The van der Waals surface area contributed by atoms with Crippen molar-refractivity contribution in [3.8, 4) is 0 Å². The van der Waals surface area contributed by atoms with Gasteiger partial charge >= 0.3 is 0 Å². The van der Waals surface area contributed by atoms with Crippen LogP contribution in [0.2, 0.25) is 5.02 Å². The molecule has 1 N–H and O–H groups in total. The molecule has 3 aromatic heterocycles. The second-order valence-corrected chi connectivity index (χ2v) is 8.81. The summed E-state index contributed by atoms with van der Waals surface area (Å²) in [6.07, 6.45) is 5.20. The Morgan fingerprint density at radius 2 is 1.91 bits per heavy atom. The number of amides is 1. The van der Waals surface area contributed by atoms with Crippen molar-refractivity contribution in [3.05, 3.63) is 88.8 Å². The van der Waals surface area contributed by atoms with Crippen LogP contribution in [0.3, 0.4) is 0 Å². The minimum Gasteiger partial charge on any atom is -0.379 e. The first-order valence-corrected chi connectivity index (χ1v) is 11.7. The van der Waals surface area contributed by atoms with Crippen molar-refractivity contribution >= 4 is 34.4 Å². The Morgan fingerprint density at radius 1 is 1.12 bits per heavy atom. The van der Waals surface area contributed by atoms with Crippen LogP contribution in [0.4, 0.5) is 5.82 Å². The largest absolute Gasteiger partial charge is 0.379 e. The van der Waals surface area contributed by atoms with Gasteiger partial charge in [0, 0.05) is 48.6 Å². The third kappa shape index (κ3) is 4.55. The molecule has 1 amide bonds. The summed E-state index contributed by atoms with van der Waals surface area (Å²) in [4.78, 5) is 30.3. The summed E-state index contributed by atoms with van der Waals surface area (Å²) in [6, 6.07) is 15.3. The zero-order chi connectivity index (χ0) is 23.5. The number of carbonyl (C=O) groups is 1. The van der Waals surface area contributed by atoms with Gasteiger partial charge in [0.05, 0.1) is 24.8 Å². The van der Waals surface area contributed by atoms with Crippen molar-refractivity contribution in [2.24, 2.45) is 0 Å². The van der Waals surface area contributed by atoms with Gasteiger partial charge in [-0.2, -0.15) is 0 Å². The number of H-pyrrole nitrogens is 1. The number of nitrogens with one attached hydrogen (secondary N) is 1. The number of anilines is 1. The second kappa shape index (κ2) is 9.93. The van der Waals surface area contributed by atoms with Crippen LogP contribution < -0.4 is 4.90 Å². The molecule has 1 aliphatic heterocycles. The van der Waals surface area contributed by atoms with Crippen molar-refractivity contribution in [3.63, 3.8) is 0 Å². The van der Waals surface area contributed by atoms with Crippen molar-refractivity contribution in [2.45, 2.75) is 13.0 Å². The van der Waals surface area contributed by atoms with Gasteiger partial charge in [0.15, 0.2) is 0 Å². The normalized spacial score (nSPS) is 15.4. The molecular weight excluding hydrogens is 450 g/mol. The van der Waals surface area contributed by atoms with Crippen molar-refractivity contribution < 1.29 is 9.53 Å². The van der Waals surface area contributed by atoms with E-state index < -0.39 is 0 Å². The maximum Gasteiger partial charge on any atom is 0.261 e. The molecule has 1 fully saturated rings. The summed E-state index contributed by atoms with van der Waals surface area (Å²) < 4.78 is 5.60. The lowest BCUT2D eigenvalue weighted by molar-refractivity contribution is 0.0175. The second-order valence-electron chi connectivity index (χ2n) is 8.37. The number of aromatic nitrogens is 3. The van der Waals surface area contributed by atoms with Gasteiger partial charge in [-0.25, -0.2) is 9.97 Å². The standard InChI is InChI=1S/C26H26ClN5O2/c1-18-9-11-29-25-24(18)21(16-30-25)26(33)32(23-4-2-3-10-28-23)17-22(31-12-14-34-15-13-31)19-5-7-20(27)8-6-19/h2-11,16,22H,12-15,17H2,1H3,(H,29,30). The highest BCUT2D eigenvalue weighted by Gasteiger charge is 2.30. The van der Waals surface area contributed by atoms with Gasteiger partial charge in [0.25, 0.3) is 5.91 Å². The van der Waals surface area contributed by atoms with Gasteiger partial charge in [-0.1, -0.05) is 29.8 Å².